The Morgan fingerprint density at radius 3 is 0.926 bits per heavy atom. The molecular weight excluding hydrogens is 975 g/mol. The van der Waals surface area contributed by atoms with Crippen molar-refractivity contribution in [2.45, 2.75) is 90.9 Å². The summed E-state index contributed by atoms with van der Waals surface area (Å²) in [6.45, 7) is 23.7. The molecule has 0 unspecified atom stereocenters. The second-order valence-electron chi connectivity index (χ2n) is 26.2. The van der Waals surface area contributed by atoms with Gasteiger partial charge in [-0.05, 0) is 218 Å². The van der Waals surface area contributed by atoms with Crippen molar-refractivity contribution in [1.82, 2.24) is 0 Å². The molecule has 16 rings (SSSR count). The maximum absolute atomic E-state index is 2.54. The van der Waals surface area contributed by atoms with Crippen molar-refractivity contribution in [1.29, 1.82) is 0 Å². The number of benzene rings is 12. The van der Waals surface area contributed by atoms with Crippen molar-refractivity contribution in [3.05, 3.63) is 268 Å². The third kappa shape index (κ3) is 6.61. The molecule has 0 aliphatic heterocycles. The summed E-state index contributed by atoms with van der Waals surface area (Å²) in [5.74, 6) is 0. The van der Waals surface area contributed by atoms with Gasteiger partial charge in [0.2, 0.25) is 0 Å². The predicted octanol–water partition coefficient (Wildman–Crippen LogP) is 21.8. The molecule has 0 saturated carbocycles. The van der Waals surface area contributed by atoms with Crippen molar-refractivity contribution >= 4 is 49.4 Å². The third-order valence-corrected chi connectivity index (χ3v) is 20.2. The van der Waals surface area contributed by atoms with Crippen LogP contribution >= 0.6 is 0 Å². The van der Waals surface area contributed by atoms with Crippen LogP contribution in [0.5, 0.6) is 0 Å². The van der Waals surface area contributed by atoms with E-state index in [-0.39, 0.29) is 21.7 Å². The Morgan fingerprint density at radius 2 is 0.519 bits per heavy atom. The molecule has 0 spiro atoms. The first-order chi connectivity index (χ1) is 39.0. The number of nitrogens with zero attached hydrogens (tertiary/aromatic N) is 1. The van der Waals surface area contributed by atoms with E-state index in [1.807, 2.05) is 0 Å². The highest BCUT2D eigenvalue weighted by Crippen LogP contribution is 2.57. The zero-order chi connectivity index (χ0) is 55.2. The van der Waals surface area contributed by atoms with E-state index < -0.39 is 0 Å². The van der Waals surface area contributed by atoms with Crippen LogP contribution in [0.25, 0.3) is 99.1 Å². The van der Waals surface area contributed by atoms with Gasteiger partial charge in [0, 0.05) is 38.7 Å². The Balaban J connectivity index is 0.822. The highest BCUT2D eigenvalue weighted by atomic mass is 15.1. The van der Waals surface area contributed by atoms with Crippen LogP contribution in [0.3, 0.4) is 0 Å². The predicted molar refractivity (Wildman–Crippen MR) is 344 cm³/mol. The van der Waals surface area contributed by atoms with E-state index in [0.717, 1.165) is 0 Å². The van der Waals surface area contributed by atoms with Crippen molar-refractivity contribution in [2.75, 3.05) is 4.90 Å². The highest BCUT2D eigenvalue weighted by Gasteiger charge is 2.41. The third-order valence-electron chi connectivity index (χ3n) is 20.2. The van der Waals surface area contributed by atoms with E-state index in [9.17, 15) is 0 Å². The number of fused-ring (bicyclic) bond motifs is 17. The zero-order valence-corrected chi connectivity index (χ0v) is 48.2. The minimum Gasteiger partial charge on any atom is -0.310 e. The number of anilines is 3. The minimum atomic E-state index is -0.277. The summed E-state index contributed by atoms with van der Waals surface area (Å²) in [5, 5.41) is 7.69. The van der Waals surface area contributed by atoms with Gasteiger partial charge in [-0.25, -0.2) is 0 Å². The molecule has 12 aromatic rings. The fraction of sp³-hybridized carbons (Fsp3) is 0.175. The van der Waals surface area contributed by atoms with E-state index >= 15 is 0 Å². The van der Waals surface area contributed by atoms with Gasteiger partial charge in [-0.15, -0.1) is 0 Å². The van der Waals surface area contributed by atoms with E-state index in [1.54, 1.807) is 0 Å². The Labute approximate surface area is 477 Å². The van der Waals surface area contributed by atoms with E-state index in [4.69, 9.17) is 0 Å². The van der Waals surface area contributed by atoms with Crippen LogP contribution in [0, 0.1) is 13.8 Å². The number of hydrogen-bond acceptors (Lipinski definition) is 1. The molecule has 81 heavy (non-hydrogen) atoms. The molecule has 1 heteroatoms. The Bertz CT molecular complexity index is 4670. The van der Waals surface area contributed by atoms with Crippen molar-refractivity contribution in [2.24, 2.45) is 0 Å². The maximum atomic E-state index is 2.54. The summed E-state index contributed by atoms with van der Waals surface area (Å²) < 4.78 is 0. The van der Waals surface area contributed by atoms with Crippen molar-refractivity contribution in [3.8, 4) is 66.8 Å². The van der Waals surface area contributed by atoms with Gasteiger partial charge in [-0.3, -0.25) is 0 Å². The standard InChI is InChI=1S/C80H65N/c1-46-23-30-58-62-34-27-50(41-74(62)78(5,6)70(58)37-46)81(51-28-35-63-59-31-24-47(2)38-71(59)79(7,8)75(63)42-51)52-29-36-64-61-33-26-49(40-73(61)80(9,10)76(64)43-52)66-45-68-55-19-13-11-17-53(55)65(44-67(68)56-20-14-12-18-54(56)66)48-25-32-60-57-21-15-16-22-69(57)77(3,4)72(60)39-48/h11-45H,1-10H3. The van der Waals surface area contributed by atoms with Gasteiger partial charge in [0.25, 0.3) is 0 Å². The van der Waals surface area contributed by atoms with Gasteiger partial charge in [-0.2, -0.15) is 0 Å². The van der Waals surface area contributed by atoms with Gasteiger partial charge in [0.05, 0.1) is 0 Å². The molecule has 4 aliphatic rings. The van der Waals surface area contributed by atoms with Crippen molar-refractivity contribution in [3.63, 3.8) is 0 Å². The summed E-state index contributed by atoms with van der Waals surface area (Å²) in [6.07, 6.45) is 0. The SMILES string of the molecule is Cc1ccc2c(c1)C(C)(C)c1cc(N(c3ccc4c(c3)C(C)(C)c3cc(C)ccc3-4)c3ccc4c(c3)C(C)(C)c3cc(-c5cc6c7ccccc7c(-c7ccc8c(c7)C(C)(C)c7ccccc7-8)cc6c6ccccc56)ccc3-4)ccc1-2. The summed E-state index contributed by atoms with van der Waals surface area (Å²) in [6, 6.07) is 82.4. The number of hydrogen-bond donors (Lipinski definition) is 0. The van der Waals surface area contributed by atoms with Gasteiger partial charge in [-0.1, -0.05) is 218 Å². The maximum Gasteiger partial charge on any atom is 0.0465 e. The normalized spacial score (nSPS) is 15.7. The zero-order valence-electron chi connectivity index (χ0n) is 48.2. The first-order valence-electron chi connectivity index (χ1n) is 29.2. The summed E-state index contributed by atoms with van der Waals surface area (Å²) in [5.41, 5.74) is 32.4. The quantitative estimate of drug-likeness (QED) is 0.155. The molecule has 390 valence electrons. The highest BCUT2D eigenvalue weighted by molar-refractivity contribution is 6.24. The molecule has 0 bridgehead atoms. The largest absolute Gasteiger partial charge is 0.310 e. The average molecular weight is 1040 g/mol. The molecule has 0 N–H and O–H groups in total. The van der Waals surface area contributed by atoms with E-state index in [0.29, 0.717) is 0 Å². The Kier molecular flexibility index (Phi) is 9.76. The van der Waals surface area contributed by atoms with Gasteiger partial charge < -0.3 is 4.90 Å². The molecule has 0 radical (unpaired) electrons. The summed E-state index contributed by atoms with van der Waals surface area (Å²) in [4.78, 5) is 2.54. The average Bonchev–Trinajstić information content (AvgIpc) is 3.97. The monoisotopic (exact) mass is 1040 g/mol. The molecular formula is C80H65N. The first-order valence-corrected chi connectivity index (χ1v) is 29.2. The van der Waals surface area contributed by atoms with Crippen LogP contribution in [-0.2, 0) is 21.7 Å². The smallest absolute Gasteiger partial charge is 0.0465 e. The molecule has 0 fully saturated rings. The lowest BCUT2D eigenvalue weighted by Crippen LogP contribution is -2.19. The lowest BCUT2D eigenvalue weighted by Gasteiger charge is -2.31. The van der Waals surface area contributed by atoms with Crippen LogP contribution in [0.2, 0.25) is 0 Å². The second kappa shape index (κ2) is 16.4. The lowest BCUT2D eigenvalue weighted by atomic mass is 9.80. The van der Waals surface area contributed by atoms with Crippen LogP contribution in [0.15, 0.2) is 212 Å². The molecule has 0 heterocycles. The van der Waals surface area contributed by atoms with Crippen LogP contribution < -0.4 is 4.90 Å². The molecule has 12 aromatic carbocycles. The molecule has 0 amide bonds. The number of rotatable bonds is 5. The van der Waals surface area contributed by atoms with E-state index in [1.165, 1.54) is 172 Å². The molecule has 1 nitrogen and oxygen atoms in total. The Hall–Kier alpha value is -8.78. The van der Waals surface area contributed by atoms with Gasteiger partial charge in [0.15, 0.2) is 0 Å². The fourth-order valence-electron chi connectivity index (χ4n) is 15.7. The fourth-order valence-corrected chi connectivity index (χ4v) is 15.7. The van der Waals surface area contributed by atoms with Crippen LogP contribution in [0.1, 0.15) is 111 Å². The molecule has 4 aliphatic carbocycles. The summed E-state index contributed by atoms with van der Waals surface area (Å²) in [7, 11) is 0. The molecule has 0 atom stereocenters. The summed E-state index contributed by atoms with van der Waals surface area (Å²) >= 11 is 0. The first kappa shape index (κ1) is 48.2. The Morgan fingerprint density at radius 1 is 0.222 bits per heavy atom. The minimum absolute atomic E-state index is 0.0777. The van der Waals surface area contributed by atoms with Gasteiger partial charge in [0.1, 0.15) is 0 Å². The topological polar surface area (TPSA) is 3.24 Å². The molecule has 0 saturated heterocycles. The van der Waals surface area contributed by atoms with Crippen LogP contribution in [-0.4, -0.2) is 0 Å². The van der Waals surface area contributed by atoms with Crippen LogP contribution in [0.4, 0.5) is 17.1 Å². The molecule has 0 aromatic heterocycles. The second-order valence-corrected chi connectivity index (χ2v) is 26.2. The number of aryl methyl sites for hydroxylation is 2. The lowest BCUT2D eigenvalue weighted by molar-refractivity contribution is 0.659. The van der Waals surface area contributed by atoms with Crippen molar-refractivity contribution < 1.29 is 0 Å². The van der Waals surface area contributed by atoms with E-state index in [2.05, 4.69) is 286 Å². The van der Waals surface area contributed by atoms with Gasteiger partial charge >= 0.3 is 0 Å².